The molecule has 0 aliphatic carbocycles. The molecule has 0 unspecified atom stereocenters. The Bertz CT molecular complexity index is 1010. The van der Waals surface area contributed by atoms with Crippen LogP contribution >= 0.6 is 0 Å². The quantitative estimate of drug-likeness (QED) is 0.492. The van der Waals surface area contributed by atoms with Gasteiger partial charge in [0.25, 0.3) is 5.91 Å². The SMILES string of the molecule is Cc1ccc(C(=O)ONc2ccc(/N=N/C(=O)c3ccccc3O)cc2)cc1. The Morgan fingerprint density at radius 2 is 1.61 bits per heavy atom. The van der Waals surface area contributed by atoms with Crippen molar-refractivity contribution in [1.82, 2.24) is 0 Å². The first kappa shape index (κ1) is 18.8. The molecule has 0 atom stereocenters. The number of para-hydroxylation sites is 1. The summed E-state index contributed by atoms with van der Waals surface area (Å²) < 4.78 is 0. The summed E-state index contributed by atoms with van der Waals surface area (Å²) in [6.07, 6.45) is 0. The molecule has 0 saturated heterocycles. The molecule has 0 aliphatic rings. The van der Waals surface area contributed by atoms with Crippen LogP contribution in [0.1, 0.15) is 26.3 Å². The van der Waals surface area contributed by atoms with E-state index in [9.17, 15) is 14.7 Å². The van der Waals surface area contributed by atoms with Gasteiger partial charge in [-0.1, -0.05) is 29.8 Å². The second kappa shape index (κ2) is 8.59. The van der Waals surface area contributed by atoms with Gasteiger partial charge in [-0.2, -0.15) is 0 Å². The normalized spacial score (nSPS) is 10.6. The maximum absolute atomic E-state index is 12.0. The van der Waals surface area contributed by atoms with E-state index in [1.165, 1.54) is 12.1 Å². The van der Waals surface area contributed by atoms with E-state index < -0.39 is 11.9 Å². The van der Waals surface area contributed by atoms with Gasteiger partial charge in [0.15, 0.2) is 0 Å². The number of phenols is 1. The standard InChI is InChI=1S/C21H17N3O4/c1-14-6-8-15(9-7-14)21(27)28-24-17-12-10-16(11-13-17)22-23-20(26)18-4-2-3-5-19(18)25/h2-13,24-25H,1H3/b23-22+. The number of benzene rings is 3. The maximum Gasteiger partial charge on any atom is 0.362 e. The number of nitrogens with zero attached hydrogens (tertiary/aromatic N) is 2. The molecule has 28 heavy (non-hydrogen) atoms. The summed E-state index contributed by atoms with van der Waals surface area (Å²) in [7, 11) is 0. The number of aromatic hydroxyl groups is 1. The summed E-state index contributed by atoms with van der Waals surface area (Å²) in [4.78, 5) is 28.9. The molecule has 0 heterocycles. The topological polar surface area (TPSA) is 100 Å². The van der Waals surface area contributed by atoms with Crippen molar-refractivity contribution in [2.45, 2.75) is 6.92 Å². The largest absolute Gasteiger partial charge is 0.507 e. The highest BCUT2D eigenvalue weighted by atomic mass is 16.7. The average molecular weight is 375 g/mol. The molecule has 2 N–H and O–H groups in total. The molecule has 0 aromatic heterocycles. The monoisotopic (exact) mass is 375 g/mol. The van der Waals surface area contributed by atoms with E-state index >= 15 is 0 Å². The second-order valence-corrected chi connectivity index (χ2v) is 5.93. The first-order chi connectivity index (χ1) is 13.5. The van der Waals surface area contributed by atoms with Gasteiger partial charge in [0.1, 0.15) is 5.75 Å². The number of hydrogen-bond donors (Lipinski definition) is 2. The lowest BCUT2D eigenvalue weighted by Crippen LogP contribution is -2.10. The predicted molar refractivity (Wildman–Crippen MR) is 104 cm³/mol. The average Bonchev–Trinajstić information content (AvgIpc) is 2.72. The summed E-state index contributed by atoms with van der Waals surface area (Å²) in [6.45, 7) is 1.93. The van der Waals surface area contributed by atoms with E-state index in [4.69, 9.17) is 4.84 Å². The van der Waals surface area contributed by atoms with Crippen LogP contribution in [0.3, 0.4) is 0 Å². The number of hydrogen-bond acceptors (Lipinski definition) is 6. The van der Waals surface area contributed by atoms with Gasteiger partial charge in [0.2, 0.25) is 0 Å². The Labute approximate surface area is 161 Å². The lowest BCUT2D eigenvalue weighted by molar-refractivity contribution is 0.0596. The molecule has 0 bridgehead atoms. The Morgan fingerprint density at radius 1 is 0.929 bits per heavy atom. The van der Waals surface area contributed by atoms with Crippen molar-refractivity contribution < 1.29 is 19.5 Å². The fraction of sp³-hybridized carbons (Fsp3) is 0.0476. The third-order valence-electron chi connectivity index (χ3n) is 3.81. The van der Waals surface area contributed by atoms with Gasteiger partial charge >= 0.3 is 5.97 Å². The molecule has 3 aromatic rings. The molecule has 140 valence electrons. The highest BCUT2D eigenvalue weighted by molar-refractivity contribution is 5.97. The minimum Gasteiger partial charge on any atom is -0.507 e. The van der Waals surface area contributed by atoms with Crippen molar-refractivity contribution in [3.05, 3.63) is 89.5 Å². The third kappa shape index (κ3) is 4.79. The number of amides is 1. The smallest absolute Gasteiger partial charge is 0.362 e. The zero-order valence-electron chi connectivity index (χ0n) is 15.0. The zero-order chi connectivity index (χ0) is 19.9. The van der Waals surface area contributed by atoms with Gasteiger partial charge in [-0.15, -0.1) is 10.2 Å². The van der Waals surface area contributed by atoms with Gasteiger partial charge in [-0.25, -0.2) is 10.3 Å². The first-order valence-corrected chi connectivity index (χ1v) is 8.41. The predicted octanol–water partition coefficient (Wildman–Crippen LogP) is 4.81. The molecule has 0 saturated carbocycles. The number of rotatable bonds is 5. The van der Waals surface area contributed by atoms with Gasteiger partial charge in [0.05, 0.1) is 22.5 Å². The van der Waals surface area contributed by atoms with Crippen molar-refractivity contribution in [3.63, 3.8) is 0 Å². The summed E-state index contributed by atoms with van der Waals surface area (Å²) in [5, 5.41) is 17.1. The number of anilines is 1. The van der Waals surface area contributed by atoms with Crippen LogP contribution in [-0.4, -0.2) is 17.0 Å². The van der Waals surface area contributed by atoms with Crippen LogP contribution in [0.15, 0.2) is 83.0 Å². The van der Waals surface area contributed by atoms with Crippen molar-refractivity contribution >= 4 is 23.3 Å². The molecule has 3 rings (SSSR count). The molecule has 0 spiro atoms. The fourth-order valence-electron chi connectivity index (χ4n) is 2.26. The van der Waals surface area contributed by atoms with Crippen molar-refractivity contribution in [3.8, 4) is 5.75 Å². The van der Waals surface area contributed by atoms with Crippen molar-refractivity contribution in [1.29, 1.82) is 0 Å². The maximum atomic E-state index is 12.0. The van der Waals surface area contributed by atoms with Crippen LogP contribution in [0.5, 0.6) is 5.75 Å². The number of phenolic OH excluding ortho intramolecular Hbond substituents is 1. The van der Waals surface area contributed by atoms with Gasteiger partial charge in [-0.05, 0) is 55.5 Å². The molecule has 7 heteroatoms. The molecule has 7 nitrogen and oxygen atoms in total. The van der Waals surface area contributed by atoms with Crippen molar-refractivity contribution in [2.75, 3.05) is 5.48 Å². The summed E-state index contributed by atoms with van der Waals surface area (Å²) in [5.41, 5.74) is 5.09. The molecule has 3 aromatic carbocycles. The van der Waals surface area contributed by atoms with Crippen molar-refractivity contribution in [2.24, 2.45) is 10.2 Å². The first-order valence-electron chi connectivity index (χ1n) is 8.41. The Balaban J connectivity index is 1.57. The number of carbonyl (C=O) groups excluding carboxylic acids is 2. The number of aryl methyl sites for hydroxylation is 1. The number of nitrogens with one attached hydrogen (secondary N) is 1. The van der Waals surface area contributed by atoms with E-state index in [0.717, 1.165) is 5.56 Å². The molecule has 1 amide bonds. The highest BCUT2D eigenvalue weighted by Crippen LogP contribution is 2.20. The molecule has 0 aliphatic heterocycles. The van der Waals surface area contributed by atoms with Crippen LogP contribution in [-0.2, 0) is 4.84 Å². The van der Waals surface area contributed by atoms with E-state index in [0.29, 0.717) is 16.9 Å². The Hall–Kier alpha value is -4.00. The van der Waals surface area contributed by atoms with Gasteiger partial charge < -0.3 is 9.94 Å². The van der Waals surface area contributed by atoms with Crippen LogP contribution in [0.25, 0.3) is 0 Å². The summed E-state index contributed by atoms with van der Waals surface area (Å²) >= 11 is 0. The zero-order valence-corrected chi connectivity index (χ0v) is 15.0. The van der Waals surface area contributed by atoms with E-state index in [-0.39, 0.29) is 11.3 Å². The van der Waals surface area contributed by atoms with Gasteiger partial charge in [-0.3, -0.25) is 4.79 Å². The minimum atomic E-state index is -0.646. The van der Waals surface area contributed by atoms with Crippen LogP contribution in [0.4, 0.5) is 11.4 Å². The molecule has 0 radical (unpaired) electrons. The number of carbonyl (C=O) groups is 2. The van der Waals surface area contributed by atoms with Gasteiger partial charge in [0, 0.05) is 0 Å². The van der Waals surface area contributed by atoms with E-state index in [1.54, 1.807) is 48.5 Å². The molecular formula is C21H17N3O4. The van der Waals surface area contributed by atoms with E-state index in [1.807, 2.05) is 19.1 Å². The lowest BCUT2D eigenvalue weighted by Gasteiger charge is -2.07. The third-order valence-corrected chi connectivity index (χ3v) is 3.81. The highest BCUT2D eigenvalue weighted by Gasteiger charge is 2.09. The molecule has 0 fully saturated rings. The van der Waals surface area contributed by atoms with Crippen LogP contribution < -0.4 is 5.48 Å². The lowest BCUT2D eigenvalue weighted by atomic mass is 10.2. The second-order valence-electron chi connectivity index (χ2n) is 5.93. The van der Waals surface area contributed by atoms with E-state index in [2.05, 4.69) is 15.7 Å². The fourth-order valence-corrected chi connectivity index (χ4v) is 2.26. The Morgan fingerprint density at radius 3 is 2.29 bits per heavy atom. The summed E-state index contributed by atoms with van der Waals surface area (Å²) in [5.74, 6) is -1.30. The minimum absolute atomic E-state index is 0.0764. The molecular weight excluding hydrogens is 358 g/mol. The number of azo groups is 1. The summed E-state index contributed by atoms with van der Waals surface area (Å²) in [6, 6.07) is 19.6. The van der Waals surface area contributed by atoms with Crippen LogP contribution in [0, 0.1) is 6.92 Å². The van der Waals surface area contributed by atoms with Crippen LogP contribution in [0.2, 0.25) is 0 Å². The Kier molecular flexibility index (Phi) is 5.76.